The molecule has 1 saturated heterocycles. The molecule has 0 saturated carbocycles. The van der Waals surface area contributed by atoms with E-state index < -0.39 is 5.82 Å². The van der Waals surface area contributed by atoms with Crippen LogP contribution in [0.25, 0.3) is 0 Å². The summed E-state index contributed by atoms with van der Waals surface area (Å²) >= 11 is 11.7. The third kappa shape index (κ3) is 3.64. The van der Waals surface area contributed by atoms with Crippen LogP contribution in [0.4, 0.5) is 9.18 Å². The Labute approximate surface area is 131 Å². The first kappa shape index (κ1) is 16.0. The van der Waals surface area contributed by atoms with Crippen LogP contribution in [-0.2, 0) is 4.79 Å². The smallest absolute Gasteiger partial charge is 0.324 e. The van der Waals surface area contributed by atoms with Crippen LogP contribution in [0.2, 0.25) is 10.0 Å². The van der Waals surface area contributed by atoms with E-state index in [9.17, 15) is 14.0 Å². The number of hydrogen-bond acceptors (Lipinski definition) is 2. The maximum Gasteiger partial charge on any atom is 0.324 e. The number of benzene rings is 1. The van der Waals surface area contributed by atoms with Crippen molar-refractivity contribution in [3.05, 3.63) is 33.6 Å². The van der Waals surface area contributed by atoms with Crippen molar-refractivity contribution in [3.63, 3.8) is 0 Å². The van der Waals surface area contributed by atoms with Gasteiger partial charge in [0.05, 0.1) is 10.0 Å². The number of nitrogens with zero attached hydrogens (tertiary/aromatic N) is 1. The van der Waals surface area contributed by atoms with Crippen molar-refractivity contribution in [1.82, 2.24) is 10.2 Å². The molecule has 1 aromatic carbocycles. The van der Waals surface area contributed by atoms with Gasteiger partial charge in [-0.1, -0.05) is 23.2 Å². The highest BCUT2D eigenvalue weighted by atomic mass is 35.5. The number of amides is 3. The number of hydrogen-bond donors (Lipinski definition) is 2. The zero-order chi connectivity index (χ0) is 15.6. The Morgan fingerprint density at radius 3 is 2.81 bits per heavy atom. The van der Waals surface area contributed by atoms with Gasteiger partial charge in [-0.05, 0) is 19.1 Å². The standard InChI is InChI=1S/C13H14Cl2FN3O2/c1-7(8-4-11(16)10(15)5-9(8)14)18-6-12(20)19-3-2-17-13(19)21/h4-5,7,18H,2-3,6H2,1H3,(H,17,21)/p+1/t7-/m1/s1. The number of rotatable bonds is 4. The molecule has 0 unspecified atom stereocenters. The minimum atomic E-state index is -0.554. The van der Waals surface area contributed by atoms with Gasteiger partial charge in [0, 0.05) is 18.7 Å². The largest absolute Gasteiger partial charge is 0.336 e. The normalized spacial score (nSPS) is 16.0. The van der Waals surface area contributed by atoms with E-state index in [-0.39, 0.29) is 29.5 Å². The number of nitrogens with two attached hydrogens (primary N) is 1. The van der Waals surface area contributed by atoms with Crippen LogP contribution in [-0.4, -0.2) is 36.5 Å². The SMILES string of the molecule is C[C@@H]([NH2+]CC(=O)N1CCNC1=O)c1cc(F)c(Cl)cc1Cl. The molecule has 1 aliphatic rings. The number of imide groups is 1. The van der Waals surface area contributed by atoms with Crippen LogP contribution in [0.3, 0.4) is 0 Å². The lowest BCUT2D eigenvalue weighted by Crippen LogP contribution is -2.87. The molecule has 2 rings (SSSR count). The fourth-order valence-corrected chi connectivity index (χ4v) is 2.67. The Hall–Kier alpha value is -1.37. The van der Waals surface area contributed by atoms with E-state index >= 15 is 0 Å². The van der Waals surface area contributed by atoms with Crippen molar-refractivity contribution in [2.45, 2.75) is 13.0 Å². The number of urea groups is 1. The van der Waals surface area contributed by atoms with Crippen LogP contribution in [0.1, 0.15) is 18.5 Å². The maximum absolute atomic E-state index is 13.5. The van der Waals surface area contributed by atoms with Gasteiger partial charge >= 0.3 is 6.03 Å². The molecule has 0 bridgehead atoms. The predicted molar refractivity (Wildman–Crippen MR) is 76.7 cm³/mol. The van der Waals surface area contributed by atoms with Gasteiger partial charge in [-0.2, -0.15) is 0 Å². The number of carbonyl (C=O) groups excluding carboxylic acids is 2. The average molecular weight is 335 g/mol. The van der Waals surface area contributed by atoms with Gasteiger partial charge in [0.15, 0.2) is 6.54 Å². The average Bonchev–Trinajstić information content (AvgIpc) is 2.86. The molecule has 5 nitrogen and oxygen atoms in total. The van der Waals surface area contributed by atoms with Crippen LogP contribution >= 0.6 is 23.2 Å². The number of carbonyl (C=O) groups is 2. The Kier molecular flexibility index (Phi) is 5.03. The highest BCUT2D eigenvalue weighted by molar-refractivity contribution is 6.35. The molecule has 0 spiro atoms. The van der Waals surface area contributed by atoms with Gasteiger partial charge in [-0.15, -0.1) is 0 Å². The second-order valence-corrected chi connectivity index (χ2v) is 5.61. The first-order chi connectivity index (χ1) is 9.90. The van der Waals surface area contributed by atoms with Crippen LogP contribution in [0, 0.1) is 5.82 Å². The van der Waals surface area contributed by atoms with Crippen molar-refractivity contribution in [2.24, 2.45) is 0 Å². The Balaban J connectivity index is 1.98. The molecule has 0 aliphatic carbocycles. The highest BCUT2D eigenvalue weighted by Gasteiger charge is 2.27. The van der Waals surface area contributed by atoms with E-state index in [4.69, 9.17) is 23.2 Å². The summed E-state index contributed by atoms with van der Waals surface area (Å²) < 4.78 is 13.5. The lowest BCUT2D eigenvalue weighted by atomic mass is 10.1. The van der Waals surface area contributed by atoms with Crippen molar-refractivity contribution >= 4 is 35.1 Å². The Bertz CT molecular complexity index is 583. The molecule has 1 atom stereocenters. The molecular weight excluding hydrogens is 320 g/mol. The van der Waals surface area contributed by atoms with Gasteiger partial charge in [-0.3, -0.25) is 9.69 Å². The summed E-state index contributed by atoms with van der Waals surface area (Å²) in [4.78, 5) is 24.4. The molecule has 0 radical (unpaired) electrons. The quantitative estimate of drug-likeness (QED) is 0.815. The lowest BCUT2D eigenvalue weighted by molar-refractivity contribution is -0.683. The van der Waals surface area contributed by atoms with Crippen LogP contribution in [0.15, 0.2) is 12.1 Å². The van der Waals surface area contributed by atoms with Crippen molar-refractivity contribution in [2.75, 3.05) is 19.6 Å². The summed E-state index contributed by atoms with van der Waals surface area (Å²) in [6.45, 7) is 2.71. The van der Waals surface area contributed by atoms with Crippen molar-refractivity contribution < 1.29 is 19.3 Å². The Morgan fingerprint density at radius 1 is 1.48 bits per heavy atom. The summed E-state index contributed by atoms with van der Waals surface area (Å²) in [5.74, 6) is -0.844. The molecule has 114 valence electrons. The van der Waals surface area contributed by atoms with E-state index in [0.29, 0.717) is 23.7 Å². The van der Waals surface area contributed by atoms with Crippen molar-refractivity contribution in [1.29, 1.82) is 0 Å². The highest BCUT2D eigenvalue weighted by Crippen LogP contribution is 2.27. The first-order valence-corrected chi connectivity index (χ1v) is 7.21. The molecule has 3 N–H and O–H groups in total. The van der Waals surface area contributed by atoms with Crippen LogP contribution in [0.5, 0.6) is 0 Å². The molecule has 1 heterocycles. The molecule has 1 fully saturated rings. The fraction of sp³-hybridized carbons (Fsp3) is 0.385. The van der Waals surface area contributed by atoms with Gasteiger partial charge < -0.3 is 10.6 Å². The minimum Gasteiger partial charge on any atom is -0.336 e. The third-order valence-corrected chi connectivity index (χ3v) is 3.95. The first-order valence-electron chi connectivity index (χ1n) is 6.46. The van der Waals surface area contributed by atoms with Crippen molar-refractivity contribution in [3.8, 4) is 0 Å². The van der Waals surface area contributed by atoms with E-state index in [1.165, 1.54) is 12.1 Å². The number of quaternary nitrogens is 1. The maximum atomic E-state index is 13.5. The van der Waals surface area contributed by atoms with Gasteiger partial charge in [-0.25, -0.2) is 9.18 Å². The van der Waals surface area contributed by atoms with E-state index in [1.807, 2.05) is 0 Å². The monoisotopic (exact) mass is 334 g/mol. The second-order valence-electron chi connectivity index (χ2n) is 4.79. The third-order valence-electron chi connectivity index (χ3n) is 3.33. The zero-order valence-corrected chi connectivity index (χ0v) is 12.8. The molecule has 1 aromatic rings. The van der Waals surface area contributed by atoms with Gasteiger partial charge in [0.1, 0.15) is 11.9 Å². The topological polar surface area (TPSA) is 66.0 Å². The minimum absolute atomic E-state index is 0.0410. The molecular formula is C13H15Cl2FN3O2+. The van der Waals surface area contributed by atoms with E-state index in [2.05, 4.69) is 5.32 Å². The second kappa shape index (κ2) is 6.60. The lowest BCUT2D eigenvalue weighted by Gasteiger charge is -2.15. The Morgan fingerprint density at radius 2 is 2.19 bits per heavy atom. The summed E-state index contributed by atoms with van der Waals surface area (Å²) in [7, 11) is 0. The molecule has 1 aliphatic heterocycles. The van der Waals surface area contributed by atoms with Gasteiger partial charge in [0.25, 0.3) is 5.91 Å². The van der Waals surface area contributed by atoms with Gasteiger partial charge in [0.2, 0.25) is 0 Å². The van der Waals surface area contributed by atoms with E-state index in [0.717, 1.165) is 4.90 Å². The zero-order valence-electron chi connectivity index (χ0n) is 11.3. The molecule has 21 heavy (non-hydrogen) atoms. The van der Waals surface area contributed by atoms with E-state index in [1.54, 1.807) is 12.2 Å². The predicted octanol–water partition coefficient (Wildman–Crippen LogP) is 1.31. The van der Waals surface area contributed by atoms with Crippen LogP contribution < -0.4 is 10.6 Å². The summed E-state index contributed by atoms with van der Waals surface area (Å²) in [5.41, 5.74) is 0.553. The fourth-order valence-electron chi connectivity index (χ4n) is 2.11. The molecule has 8 heteroatoms. The molecule has 3 amide bonds. The summed E-state index contributed by atoms with van der Waals surface area (Å²) in [5, 5.41) is 4.56. The summed E-state index contributed by atoms with van der Waals surface area (Å²) in [6.07, 6.45) is 0. The number of halogens is 3. The number of nitrogens with one attached hydrogen (secondary N) is 1. The summed E-state index contributed by atoms with van der Waals surface area (Å²) in [6, 6.07) is 1.99. The molecule has 0 aromatic heterocycles.